The van der Waals surface area contributed by atoms with E-state index in [9.17, 15) is 4.79 Å². The van der Waals surface area contributed by atoms with Crippen LogP contribution in [0.1, 0.15) is 5.56 Å². The molecule has 3 rings (SSSR count). The molecule has 26 heavy (non-hydrogen) atoms. The quantitative estimate of drug-likeness (QED) is 0.531. The molecule has 0 aliphatic rings. The average molecular weight is 346 g/mol. The van der Waals surface area contributed by atoms with Gasteiger partial charge < -0.3 is 10.2 Å². The van der Waals surface area contributed by atoms with Crippen LogP contribution in [0.5, 0.6) is 0 Å². The van der Waals surface area contributed by atoms with Gasteiger partial charge in [-0.2, -0.15) is 5.10 Å². The number of anilines is 2. The minimum absolute atomic E-state index is 0.162. The number of carbonyl (C=O) groups is 1. The van der Waals surface area contributed by atoms with Crippen molar-refractivity contribution in [3.05, 3.63) is 72.3 Å². The highest BCUT2D eigenvalue weighted by Crippen LogP contribution is 2.18. The largest absolute Gasteiger partial charge is 0.378 e. The van der Waals surface area contributed by atoms with E-state index < -0.39 is 0 Å². The monoisotopic (exact) mass is 346 g/mol. The van der Waals surface area contributed by atoms with E-state index in [-0.39, 0.29) is 12.5 Å². The number of amides is 1. The summed E-state index contributed by atoms with van der Waals surface area (Å²) in [4.78, 5) is 13.9. The van der Waals surface area contributed by atoms with Crippen LogP contribution in [0.2, 0.25) is 0 Å². The van der Waals surface area contributed by atoms with Gasteiger partial charge >= 0.3 is 0 Å². The molecule has 1 amide bonds. The molecule has 0 saturated heterocycles. The number of benzene rings is 3. The Balaban J connectivity index is 1.50. The third kappa shape index (κ3) is 4.60. The number of hydrogen-bond donors (Lipinski definition) is 2. The third-order valence-electron chi connectivity index (χ3n) is 4.01. The molecule has 5 heteroatoms. The second-order valence-corrected chi connectivity index (χ2v) is 6.19. The highest BCUT2D eigenvalue weighted by atomic mass is 16.2. The van der Waals surface area contributed by atoms with Gasteiger partial charge in [0.25, 0.3) is 5.91 Å². The number of hydrogen-bond acceptors (Lipinski definition) is 4. The summed E-state index contributed by atoms with van der Waals surface area (Å²) in [7, 11) is 3.98. The first-order valence-electron chi connectivity index (χ1n) is 8.44. The maximum Gasteiger partial charge on any atom is 0.259 e. The summed E-state index contributed by atoms with van der Waals surface area (Å²) in [6.45, 7) is 0.162. The molecule has 0 unspecified atom stereocenters. The van der Waals surface area contributed by atoms with Gasteiger partial charge in [0.2, 0.25) is 0 Å². The predicted octanol–water partition coefficient (Wildman–Crippen LogP) is 3.47. The molecule has 132 valence electrons. The molecular formula is C21H22N4O. The highest BCUT2D eigenvalue weighted by Gasteiger charge is 2.01. The van der Waals surface area contributed by atoms with Crippen molar-refractivity contribution in [2.75, 3.05) is 30.9 Å². The van der Waals surface area contributed by atoms with E-state index >= 15 is 0 Å². The Labute approximate surface area is 153 Å². The van der Waals surface area contributed by atoms with Crippen molar-refractivity contribution in [1.29, 1.82) is 0 Å². The number of nitrogens with zero attached hydrogens (tertiary/aromatic N) is 2. The summed E-state index contributed by atoms with van der Waals surface area (Å²) >= 11 is 0. The Kier molecular flexibility index (Phi) is 5.49. The third-order valence-corrected chi connectivity index (χ3v) is 4.01. The molecule has 3 aromatic carbocycles. The maximum absolute atomic E-state index is 11.9. The lowest BCUT2D eigenvalue weighted by atomic mass is 10.1. The van der Waals surface area contributed by atoms with Crippen molar-refractivity contribution >= 4 is 34.3 Å². The molecule has 5 nitrogen and oxygen atoms in total. The fraction of sp³-hybridized carbons (Fsp3) is 0.143. The van der Waals surface area contributed by atoms with Gasteiger partial charge in [0.1, 0.15) is 0 Å². The van der Waals surface area contributed by atoms with Crippen LogP contribution in [0.3, 0.4) is 0 Å². The van der Waals surface area contributed by atoms with Crippen LogP contribution in [0.15, 0.2) is 71.8 Å². The van der Waals surface area contributed by atoms with Crippen molar-refractivity contribution in [3.63, 3.8) is 0 Å². The van der Waals surface area contributed by atoms with Gasteiger partial charge in [-0.3, -0.25) is 4.79 Å². The molecule has 0 saturated carbocycles. The van der Waals surface area contributed by atoms with Crippen LogP contribution in [-0.2, 0) is 4.79 Å². The summed E-state index contributed by atoms with van der Waals surface area (Å²) < 4.78 is 0. The van der Waals surface area contributed by atoms with E-state index in [0.717, 1.165) is 22.3 Å². The Morgan fingerprint density at radius 2 is 1.73 bits per heavy atom. The summed E-state index contributed by atoms with van der Waals surface area (Å²) in [6.07, 6.45) is 1.63. The second-order valence-electron chi connectivity index (χ2n) is 6.19. The number of nitrogens with one attached hydrogen (secondary N) is 2. The standard InChI is InChI=1S/C21H22N4O/c1-25(2)20-11-7-16(8-12-20)14-23-24-21(26)15-22-19-10-9-17-5-3-4-6-18(17)13-19/h3-14,22H,15H2,1-2H3,(H,24,26). The molecule has 0 heterocycles. The van der Waals surface area contributed by atoms with Crippen LogP contribution in [0.4, 0.5) is 11.4 Å². The van der Waals surface area contributed by atoms with Crippen molar-refractivity contribution in [2.45, 2.75) is 0 Å². The highest BCUT2D eigenvalue weighted by molar-refractivity contribution is 5.87. The molecule has 3 aromatic rings. The topological polar surface area (TPSA) is 56.7 Å². The van der Waals surface area contributed by atoms with Gasteiger partial charge in [-0.05, 0) is 40.6 Å². The van der Waals surface area contributed by atoms with E-state index in [4.69, 9.17) is 0 Å². The lowest BCUT2D eigenvalue weighted by Gasteiger charge is -2.11. The van der Waals surface area contributed by atoms with Crippen LogP contribution in [0, 0.1) is 0 Å². The van der Waals surface area contributed by atoms with Crippen molar-refractivity contribution in [2.24, 2.45) is 5.10 Å². The molecule has 0 radical (unpaired) electrons. The fourth-order valence-electron chi connectivity index (χ4n) is 2.56. The van der Waals surface area contributed by atoms with E-state index in [1.807, 2.05) is 79.7 Å². The Morgan fingerprint density at radius 1 is 1.00 bits per heavy atom. The second kappa shape index (κ2) is 8.16. The zero-order valence-corrected chi connectivity index (χ0v) is 14.9. The minimum Gasteiger partial charge on any atom is -0.378 e. The summed E-state index contributed by atoms with van der Waals surface area (Å²) in [6, 6.07) is 22.1. The van der Waals surface area contributed by atoms with E-state index in [1.165, 1.54) is 5.39 Å². The van der Waals surface area contributed by atoms with Crippen molar-refractivity contribution in [1.82, 2.24) is 5.43 Å². The Morgan fingerprint density at radius 3 is 2.46 bits per heavy atom. The smallest absolute Gasteiger partial charge is 0.259 e. The van der Waals surface area contributed by atoms with Crippen molar-refractivity contribution < 1.29 is 4.79 Å². The fourth-order valence-corrected chi connectivity index (χ4v) is 2.56. The molecule has 0 aliphatic heterocycles. The van der Waals surface area contributed by atoms with Crippen LogP contribution in [-0.4, -0.2) is 32.8 Å². The number of hydrazone groups is 1. The Bertz CT molecular complexity index is 917. The SMILES string of the molecule is CN(C)c1ccc(C=NNC(=O)CNc2ccc3ccccc3c2)cc1. The molecule has 0 bridgehead atoms. The lowest BCUT2D eigenvalue weighted by Crippen LogP contribution is -2.25. The first-order chi connectivity index (χ1) is 12.6. The van der Waals surface area contributed by atoms with Gasteiger partial charge in [-0.1, -0.05) is 42.5 Å². The normalized spacial score (nSPS) is 10.8. The summed E-state index contributed by atoms with van der Waals surface area (Å²) in [5, 5.41) is 9.42. The number of carbonyl (C=O) groups excluding carboxylic acids is 1. The molecule has 0 aliphatic carbocycles. The van der Waals surface area contributed by atoms with Gasteiger partial charge in [0, 0.05) is 25.5 Å². The molecule has 0 fully saturated rings. The molecule has 0 spiro atoms. The molecule has 2 N–H and O–H groups in total. The zero-order valence-electron chi connectivity index (χ0n) is 14.9. The van der Waals surface area contributed by atoms with Gasteiger partial charge in [-0.15, -0.1) is 0 Å². The van der Waals surface area contributed by atoms with Crippen LogP contribution in [0.25, 0.3) is 10.8 Å². The Hall–Kier alpha value is -3.34. The van der Waals surface area contributed by atoms with Crippen LogP contribution >= 0.6 is 0 Å². The van der Waals surface area contributed by atoms with E-state index in [1.54, 1.807) is 6.21 Å². The van der Waals surface area contributed by atoms with E-state index in [2.05, 4.69) is 21.9 Å². The maximum atomic E-state index is 11.9. The van der Waals surface area contributed by atoms with E-state index in [0.29, 0.717) is 0 Å². The number of rotatable bonds is 6. The zero-order chi connectivity index (χ0) is 18.4. The molecule has 0 aromatic heterocycles. The average Bonchev–Trinajstić information content (AvgIpc) is 2.66. The lowest BCUT2D eigenvalue weighted by molar-refractivity contribution is -0.119. The first-order valence-corrected chi connectivity index (χ1v) is 8.44. The molecule has 0 atom stereocenters. The van der Waals surface area contributed by atoms with Crippen LogP contribution < -0.4 is 15.6 Å². The minimum atomic E-state index is -0.195. The molecular weight excluding hydrogens is 324 g/mol. The predicted molar refractivity (Wildman–Crippen MR) is 109 cm³/mol. The summed E-state index contributed by atoms with van der Waals surface area (Å²) in [5.74, 6) is -0.195. The summed E-state index contributed by atoms with van der Waals surface area (Å²) in [5.41, 5.74) is 5.48. The van der Waals surface area contributed by atoms with Gasteiger partial charge in [0.05, 0.1) is 12.8 Å². The number of fused-ring (bicyclic) bond motifs is 1. The van der Waals surface area contributed by atoms with Gasteiger partial charge in [-0.25, -0.2) is 5.43 Å². The van der Waals surface area contributed by atoms with Crippen molar-refractivity contribution in [3.8, 4) is 0 Å². The first kappa shape index (κ1) is 17.5. The van der Waals surface area contributed by atoms with Gasteiger partial charge in [0.15, 0.2) is 0 Å².